The van der Waals surface area contributed by atoms with Gasteiger partial charge in [-0.2, -0.15) is 9.61 Å². The molecule has 0 atom stereocenters. The number of phenolic OH excluding ortho intramolecular Hbond substituents is 1. The lowest BCUT2D eigenvalue weighted by molar-refractivity contribution is 0.410. The molecule has 0 aliphatic heterocycles. The van der Waals surface area contributed by atoms with Gasteiger partial charge in [-0.15, -0.1) is 0 Å². The van der Waals surface area contributed by atoms with Crippen molar-refractivity contribution >= 4 is 27.4 Å². The Morgan fingerprint density at radius 3 is 2.74 bits per heavy atom. The zero-order valence-electron chi connectivity index (χ0n) is 14.6. The van der Waals surface area contributed by atoms with E-state index in [1.165, 1.54) is 0 Å². The van der Waals surface area contributed by atoms with Crippen molar-refractivity contribution in [3.05, 3.63) is 70.8 Å². The number of para-hydroxylation sites is 2. The minimum absolute atomic E-state index is 0.181. The Bertz CT molecular complexity index is 1110. The molecule has 0 amide bonds. The number of nitrogens with one attached hydrogen (secondary N) is 1. The standard InChI is InChI=1S/C20H17BrN4O2/c1-27-18-9-5-2-6-13(18)11-22-19-10-16(14-7-3-4-8-17(14)26)24-20-15(21)12-23-25(19)20/h2-10,12,22,26H,11H2,1H3. The number of hydrogen-bond donors (Lipinski definition) is 2. The van der Waals surface area contributed by atoms with E-state index < -0.39 is 0 Å². The maximum Gasteiger partial charge on any atom is 0.172 e. The number of phenols is 1. The van der Waals surface area contributed by atoms with Crippen molar-refractivity contribution in [1.82, 2.24) is 14.6 Å². The molecular formula is C20H17BrN4O2. The van der Waals surface area contributed by atoms with Crippen molar-refractivity contribution in [3.63, 3.8) is 0 Å². The highest BCUT2D eigenvalue weighted by molar-refractivity contribution is 9.10. The van der Waals surface area contributed by atoms with E-state index in [4.69, 9.17) is 4.74 Å². The first-order chi connectivity index (χ1) is 13.2. The van der Waals surface area contributed by atoms with Gasteiger partial charge in [0.1, 0.15) is 17.3 Å². The number of benzene rings is 2. The molecule has 0 saturated carbocycles. The van der Waals surface area contributed by atoms with Crippen LogP contribution in [-0.4, -0.2) is 26.8 Å². The van der Waals surface area contributed by atoms with Crippen molar-refractivity contribution < 1.29 is 9.84 Å². The molecule has 7 heteroatoms. The molecule has 4 rings (SSSR count). The van der Waals surface area contributed by atoms with Crippen LogP contribution in [0.1, 0.15) is 5.56 Å². The van der Waals surface area contributed by atoms with Gasteiger partial charge < -0.3 is 15.2 Å². The Balaban J connectivity index is 1.76. The van der Waals surface area contributed by atoms with Gasteiger partial charge in [-0.3, -0.25) is 0 Å². The van der Waals surface area contributed by atoms with Gasteiger partial charge in [-0.25, -0.2) is 4.98 Å². The number of anilines is 1. The molecular weight excluding hydrogens is 408 g/mol. The van der Waals surface area contributed by atoms with Crippen molar-refractivity contribution in [1.29, 1.82) is 0 Å². The van der Waals surface area contributed by atoms with Crippen molar-refractivity contribution in [2.24, 2.45) is 0 Å². The second-order valence-corrected chi connectivity index (χ2v) is 6.79. The SMILES string of the molecule is COc1ccccc1CNc1cc(-c2ccccc2O)nc2c(Br)cnn12. The maximum absolute atomic E-state index is 10.2. The molecule has 0 spiro atoms. The molecule has 6 nitrogen and oxygen atoms in total. The van der Waals surface area contributed by atoms with Crippen LogP contribution < -0.4 is 10.1 Å². The summed E-state index contributed by atoms with van der Waals surface area (Å²) in [5, 5.41) is 18.0. The monoisotopic (exact) mass is 424 g/mol. The van der Waals surface area contributed by atoms with E-state index in [9.17, 15) is 5.11 Å². The Morgan fingerprint density at radius 1 is 1.15 bits per heavy atom. The van der Waals surface area contributed by atoms with Crippen molar-refractivity contribution in [2.75, 3.05) is 12.4 Å². The van der Waals surface area contributed by atoms with E-state index >= 15 is 0 Å². The fourth-order valence-corrected chi connectivity index (χ4v) is 3.27. The quantitative estimate of drug-likeness (QED) is 0.493. The summed E-state index contributed by atoms with van der Waals surface area (Å²) in [5.74, 6) is 1.76. The largest absolute Gasteiger partial charge is 0.507 e. The predicted molar refractivity (Wildman–Crippen MR) is 108 cm³/mol. The Morgan fingerprint density at radius 2 is 1.93 bits per heavy atom. The summed E-state index contributed by atoms with van der Waals surface area (Å²) in [5.41, 5.74) is 3.01. The van der Waals surface area contributed by atoms with E-state index in [0.29, 0.717) is 23.4 Å². The minimum atomic E-state index is 0.181. The first-order valence-electron chi connectivity index (χ1n) is 8.36. The first kappa shape index (κ1) is 17.4. The normalized spacial score (nSPS) is 10.9. The fraction of sp³-hybridized carbons (Fsp3) is 0.100. The van der Waals surface area contributed by atoms with Gasteiger partial charge in [0.15, 0.2) is 5.65 Å². The van der Waals surface area contributed by atoms with Crippen LogP contribution in [0.3, 0.4) is 0 Å². The lowest BCUT2D eigenvalue weighted by atomic mass is 10.1. The number of halogens is 1. The molecule has 0 aliphatic rings. The van der Waals surface area contributed by atoms with E-state index in [1.54, 1.807) is 30.0 Å². The average molecular weight is 425 g/mol. The summed E-state index contributed by atoms with van der Waals surface area (Å²) in [6.07, 6.45) is 1.70. The molecule has 4 aromatic rings. The van der Waals surface area contributed by atoms with Crippen molar-refractivity contribution in [3.8, 4) is 22.8 Å². The summed E-state index contributed by atoms with van der Waals surface area (Å²) >= 11 is 3.49. The summed E-state index contributed by atoms with van der Waals surface area (Å²) in [7, 11) is 1.66. The third-order valence-electron chi connectivity index (χ3n) is 4.26. The number of aromatic hydroxyl groups is 1. The van der Waals surface area contributed by atoms with E-state index in [0.717, 1.165) is 21.6 Å². The molecule has 2 aromatic carbocycles. The third kappa shape index (κ3) is 3.33. The van der Waals surface area contributed by atoms with Crippen molar-refractivity contribution in [2.45, 2.75) is 6.54 Å². The maximum atomic E-state index is 10.2. The highest BCUT2D eigenvalue weighted by Gasteiger charge is 2.14. The highest BCUT2D eigenvalue weighted by atomic mass is 79.9. The molecule has 0 fully saturated rings. The van der Waals surface area contributed by atoms with Gasteiger partial charge in [0.05, 0.1) is 23.5 Å². The van der Waals surface area contributed by atoms with Gasteiger partial charge in [-0.05, 0) is 34.1 Å². The van der Waals surface area contributed by atoms with Gasteiger partial charge in [0.25, 0.3) is 0 Å². The summed E-state index contributed by atoms with van der Waals surface area (Å²) < 4.78 is 7.92. The van der Waals surface area contributed by atoms with Crippen LogP contribution >= 0.6 is 15.9 Å². The number of hydrogen-bond acceptors (Lipinski definition) is 5. The molecule has 0 unspecified atom stereocenters. The number of nitrogens with zero attached hydrogens (tertiary/aromatic N) is 3. The number of methoxy groups -OCH3 is 1. The Labute approximate surface area is 164 Å². The van der Waals surface area contributed by atoms with E-state index in [-0.39, 0.29) is 5.75 Å². The van der Waals surface area contributed by atoms with Crippen LogP contribution in [0.5, 0.6) is 11.5 Å². The zero-order chi connectivity index (χ0) is 18.8. The van der Waals surface area contributed by atoms with Gasteiger partial charge in [-0.1, -0.05) is 30.3 Å². The summed E-state index contributed by atoms with van der Waals surface area (Å²) in [6.45, 7) is 0.556. The molecule has 0 aliphatic carbocycles. The molecule has 2 aromatic heterocycles. The fourth-order valence-electron chi connectivity index (χ4n) is 2.93. The Hall–Kier alpha value is -3.06. The topological polar surface area (TPSA) is 71.7 Å². The molecule has 27 heavy (non-hydrogen) atoms. The number of rotatable bonds is 5. The molecule has 0 radical (unpaired) electrons. The molecule has 2 N–H and O–H groups in total. The lowest BCUT2D eigenvalue weighted by Crippen LogP contribution is -2.07. The van der Waals surface area contributed by atoms with Gasteiger partial charge in [0, 0.05) is 23.7 Å². The predicted octanol–water partition coefficient (Wildman–Crippen LogP) is 4.49. The van der Waals surface area contributed by atoms with Gasteiger partial charge >= 0.3 is 0 Å². The Kier molecular flexibility index (Phi) is 4.68. The van der Waals surface area contributed by atoms with Crippen LogP contribution in [-0.2, 0) is 6.54 Å². The van der Waals surface area contributed by atoms with Crippen LogP contribution in [0.25, 0.3) is 16.9 Å². The molecule has 0 saturated heterocycles. The van der Waals surface area contributed by atoms with E-state index in [2.05, 4.69) is 31.3 Å². The first-order valence-corrected chi connectivity index (χ1v) is 9.15. The average Bonchev–Trinajstić information content (AvgIpc) is 3.07. The third-order valence-corrected chi connectivity index (χ3v) is 4.82. The number of fused-ring (bicyclic) bond motifs is 1. The van der Waals surface area contributed by atoms with Crippen LogP contribution in [0.4, 0.5) is 5.82 Å². The van der Waals surface area contributed by atoms with Crippen LogP contribution in [0.2, 0.25) is 0 Å². The minimum Gasteiger partial charge on any atom is -0.507 e. The number of aromatic nitrogens is 3. The second-order valence-electron chi connectivity index (χ2n) is 5.94. The lowest BCUT2D eigenvalue weighted by Gasteiger charge is -2.13. The smallest absolute Gasteiger partial charge is 0.172 e. The van der Waals surface area contributed by atoms with Gasteiger partial charge in [0.2, 0.25) is 0 Å². The highest BCUT2D eigenvalue weighted by Crippen LogP contribution is 2.31. The van der Waals surface area contributed by atoms with E-state index in [1.807, 2.05) is 42.5 Å². The molecule has 2 heterocycles. The molecule has 0 bridgehead atoms. The zero-order valence-corrected chi connectivity index (χ0v) is 16.1. The summed E-state index contributed by atoms with van der Waals surface area (Å²) in [4.78, 5) is 4.64. The molecule has 136 valence electrons. The van der Waals surface area contributed by atoms with Crippen LogP contribution in [0, 0.1) is 0 Å². The summed E-state index contributed by atoms with van der Waals surface area (Å²) in [6, 6.07) is 16.9. The number of ether oxygens (including phenoxy) is 1. The van der Waals surface area contributed by atoms with Crippen LogP contribution in [0.15, 0.2) is 65.3 Å². The second kappa shape index (κ2) is 7.28.